The van der Waals surface area contributed by atoms with Crippen LogP contribution in [0.25, 0.3) is 0 Å². The van der Waals surface area contributed by atoms with Crippen molar-refractivity contribution in [3.63, 3.8) is 0 Å². The second kappa shape index (κ2) is 8.65. The number of hydrogen-bond acceptors (Lipinski definition) is 4. The summed E-state index contributed by atoms with van der Waals surface area (Å²) in [5.41, 5.74) is 1.49. The topological polar surface area (TPSA) is 66.5 Å². The Kier molecular flexibility index (Phi) is 6.48. The van der Waals surface area contributed by atoms with Gasteiger partial charge in [-0.2, -0.15) is 11.8 Å². The molecular formula is C20H25ClN2O3S. The maximum absolute atomic E-state index is 13.0. The van der Waals surface area contributed by atoms with Gasteiger partial charge in [-0.3, -0.25) is 19.3 Å². The van der Waals surface area contributed by atoms with Gasteiger partial charge in [-0.1, -0.05) is 24.4 Å². The monoisotopic (exact) mass is 408 g/mol. The minimum absolute atomic E-state index is 0.168. The Morgan fingerprint density at radius 3 is 2.44 bits per heavy atom. The number of nitrogens with one attached hydrogen (secondary N) is 1. The molecule has 3 unspecified atom stereocenters. The number of imide groups is 1. The maximum atomic E-state index is 13.0. The fourth-order valence-corrected chi connectivity index (χ4v) is 4.77. The minimum Gasteiger partial charge on any atom is -0.324 e. The largest absolute Gasteiger partial charge is 0.324 e. The summed E-state index contributed by atoms with van der Waals surface area (Å²) >= 11 is 7.58. The van der Waals surface area contributed by atoms with Gasteiger partial charge in [-0.15, -0.1) is 0 Å². The molecule has 1 saturated heterocycles. The first-order valence-electron chi connectivity index (χ1n) is 9.37. The third kappa shape index (κ3) is 4.16. The van der Waals surface area contributed by atoms with E-state index in [0.717, 1.165) is 31.2 Å². The highest BCUT2D eigenvalue weighted by atomic mass is 35.5. The lowest BCUT2D eigenvalue weighted by Gasteiger charge is -2.26. The first kappa shape index (κ1) is 20.2. The van der Waals surface area contributed by atoms with Crippen molar-refractivity contribution in [2.24, 2.45) is 11.8 Å². The van der Waals surface area contributed by atoms with Crippen LogP contribution in [0.15, 0.2) is 18.2 Å². The number of amides is 3. The van der Waals surface area contributed by atoms with E-state index in [1.165, 1.54) is 4.90 Å². The highest BCUT2D eigenvalue weighted by molar-refractivity contribution is 7.98. The summed E-state index contributed by atoms with van der Waals surface area (Å²) in [6.45, 7) is 1.86. The molecular weight excluding hydrogens is 384 g/mol. The van der Waals surface area contributed by atoms with Gasteiger partial charge in [0.1, 0.15) is 6.04 Å². The lowest BCUT2D eigenvalue weighted by atomic mass is 9.81. The van der Waals surface area contributed by atoms with Crippen LogP contribution in [0.4, 0.5) is 5.69 Å². The van der Waals surface area contributed by atoms with E-state index in [4.69, 9.17) is 11.6 Å². The molecule has 3 atom stereocenters. The van der Waals surface area contributed by atoms with Crippen molar-refractivity contribution in [1.29, 1.82) is 0 Å². The number of fused-ring (bicyclic) bond motifs is 1. The quantitative estimate of drug-likeness (QED) is 0.725. The molecule has 2 aliphatic rings. The molecule has 7 heteroatoms. The Balaban J connectivity index is 1.83. The Morgan fingerprint density at radius 1 is 1.26 bits per heavy atom. The summed E-state index contributed by atoms with van der Waals surface area (Å²) in [5, 5.41) is 3.49. The van der Waals surface area contributed by atoms with Crippen LogP contribution in [0.1, 0.15) is 37.7 Å². The molecule has 3 rings (SSSR count). The van der Waals surface area contributed by atoms with Gasteiger partial charge in [0.05, 0.1) is 11.8 Å². The van der Waals surface area contributed by atoms with Gasteiger partial charge in [-0.05, 0) is 62.0 Å². The van der Waals surface area contributed by atoms with Crippen LogP contribution < -0.4 is 5.32 Å². The molecule has 0 radical (unpaired) electrons. The van der Waals surface area contributed by atoms with Crippen LogP contribution in [0.5, 0.6) is 0 Å². The smallest absolute Gasteiger partial charge is 0.247 e. The van der Waals surface area contributed by atoms with Gasteiger partial charge in [0, 0.05) is 10.7 Å². The maximum Gasteiger partial charge on any atom is 0.247 e. The van der Waals surface area contributed by atoms with E-state index in [2.05, 4.69) is 5.32 Å². The second-order valence-corrected chi connectivity index (χ2v) is 8.71. The van der Waals surface area contributed by atoms with Crippen molar-refractivity contribution >= 4 is 46.8 Å². The average Bonchev–Trinajstić information content (AvgIpc) is 2.90. The fourth-order valence-electron chi connectivity index (χ4n) is 4.09. The highest BCUT2D eigenvalue weighted by Gasteiger charge is 2.51. The van der Waals surface area contributed by atoms with Crippen molar-refractivity contribution in [3.05, 3.63) is 28.8 Å². The zero-order valence-corrected chi connectivity index (χ0v) is 17.2. The van der Waals surface area contributed by atoms with Crippen molar-refractivity contribution in [2.75, 3.05) is 17.3 Å². The number of aryl methyl sites for hydroxylation is 1. The molecule has 1 heterocycles. The highest BCUT2D eigenvalue weighted by Crippen LogP contribution is 2.39. The van der Waals surface area contributed by atoms with E-state index in [0.29, 0.717) is 22.9 Å². The molecule has 3 amide bonds. The van der Waals surface area contributed by atoms with Crippen molar-refractivity contribution in [1.82, 2.24) is 4.90 Å². The first-order chi connectivity index (χ1) is 12.9. The predicted molar refractivity (Wildman–Crippen MR) is 109 cm³/mol. The number of anilines is 1. The third-order valence-electron chi connectivity index (χ3n) is 5.53. The van der Waals surface area contributed by atoms with Gasteiger partial charge in [0.2, 0.25) is 17.7 Å². The number of hydrogen-bond donors (Lipinski definition) is 1. The molecule has 1 aliphatic carbocycles. The van der Waals surface area contributed by atoms with Crippen LogP contribution in [0.3, 0.4) is 0 Å². The third-order valence-corrected chi connectivity index (χ3v) is 6.41. The number of halogens is 1. The summed E-state index contributed by atoms with van der Waals surface area (Å²) in [6, 6.07) is 4.46. The number of carbonyl (C=O) groups excluding carboxylic acids is 3. The summed E-state index contributed by atoms with van der Waals surface area (Å²) in [4.78, 5) is 40.1. The van der Waals surface area contributed by atoms with E-state index in [1.54, 1.807) is 30.0 Å². The molecule has 1 aromatic rings. The van der Waals surface area contributed by atoms with E-state index < -0.39 is 6.04 Å². The molecule has 27 heavy (non-hydrogen) atoms. The Bertz CT molecular complexity index is 731. The van der Waals surface area contributed by atoms with Crippen molar-refractivity contribution < 1.29 is 14.4 Å². The van der Waals surface area contributed by atoms with Crippen molar-refractivity contribution in [2.45, 2.75) is 45.1 Å². The second-order valence-electron chi connectivity index (χ2n) is 7.29. The number of likely N-dealkylation sites (tertiary alicyclic amines) is 1. The van der Waals surface area contributed by atoms with Gasteiger partial charge >= 0.3 is 0 Å². The normalized spacial score (nSPS) is 23.3. The molecule has 1 N–H and O–H groups in total. The number of nitrogens with zero attached hydrogens (tertiary/aromatic N) is 1. The molecule has 0 aromatic heterocycles. The number of thioether (sulfide) groups is 1. The van der Waals surface area contributed by atoms with E-state index in [1.807, 2.05) is 13.2 Å². The number of rotatable bonds is 6. The standard InChI is InChI=1S/C20H25ClN2O3S/c1-12-11-13(21)7-8-16(12)22-18(24)17(9-10-27-2)23-19(25)14-5-3-4-6-15(14)20(23)26/h7-8,11,14-15,17H,3-6,9-10H2,1-2H3,(H,22,24). The first-order valence-corrected chi connectivity index (χ1v) is 11.1. The Hall–Kier alpha value is -1.53. The van der Waals surface area contributed by atoms with E-state index in [9.17, 15) is 14.4 Å². The van der Waals surface area contributed by atoms with Gasteiger partial charge in [0.25, 0.3) is 0 Å². The molecule has 5 nitrogen and oxygen atoms in total. The molecule has 0 bridgehead atoms. The Morgan fingerprint density at radius 2 is 1.89 bits per heavy atom. The van der Waals surface area contributed by atoms with Crippen LogP contribution in [0.2, 0.25) is 5.02 Å². The average molecular weight is 409 g/mol. The molecule has 1 aromatic carbocycles. The molecule has 1 saturated carbocycles. The summed E-state index contributed by atoms with van der Waals surface area (Å²) in [5.74, 6) is -0.432. The summed E-state index contributed by atoms with van der Waals surface area (Å²) in [7, 11) is 0. The zero-order chi connectivity index (χ0) is 19.6. The van der Waals surface area contributed by atoms with Crippen LogP contribution in [-0.4, -0.2) is 40.7 Å². The zero-order valence-electron chi connectivity index (χ0n) is 15.7. The lowest BCUT2D eigenvalue weighted by molar-refractivity contribution is -0.146. The molecule has 2 fully saturated rings. The van der Waals surface area contributed by atoms with Crippen LogP contribution in [-0.2, 0) is 14.4 Å². The minimum atomic E-state index is -0.766. The molecule has 0 spiro atoms. The number of benzene rings is 1. The summed E-state index contributed by atoms with van der Waals surface area (Å²) in [6.07, 6.45) is 5.85. The van der Waals surface area contributed by atoms with E-state index >= 15 is 0 Å². The van der Waals surface area contributed by atoms with Crippen molar-refractivity contribution in [3.8, 4) is 0 Å². The lowest BCUT2D eigenvalue weighted by Crippen LogP contribution is -2.48. The van der Waals surface area contributed by atoms with Crippen LogP contribution >= 0.6 is 23.4 Å². The molecule has 146 valence electrons. The SMILES string of the molecule is CSCCC(C(=O)Nc1ccc(Cl)cc1C)N1C(=O)C2CCCCC2C1=O. The number of carbonyl (C=O) groups is 3. The summed E-state index contributed by atoms with van der Waals surface area (Å²) < 4.78 is 0. The Labute approximate surface area is 169 Å². The predicted octanol–water partition coefficient (Wildman–Crippen LogP) is 3.88. The van der Waals surface area contributed by atoms with Crippen LogP contribution in [0, 0.1) is 18.8 Å². The van der Waals surface area contributed by atoms with E-state index in [-0.39, 0.29) is 29.6 Å². The van der Waals surface area contributed by atoms with Gasteiger partial charge < -0.3 is 5.32 Å². The van der Waals surface area contributed by atoms with Gasteiger partial charge in [0.15, 0.2) is 0 Å². The molecule has 1 aliphatic heterocycles. The van der Waals surface area contributed by atoms with Gasteiger partial charge in [-0.25, -0.2) is 0 Å². The fraction of sp³-hybridized carbons (Fsp3) is 0.550.